The number of carbonyl (C=O) groups excluding carboxylic acids is 1. The summed E-state index contributed by atoms with van der Waals surface area (Å²) in [6.45, 7) is 10.5. The van der Waals surface area contributed by atoms with Crippen LogP contribution < -0.4 is 5.32 Å². The number of carbonyl (C=O) groups is 1. The maximum Gasteiger partial charge on any atom is 0.410 e. The highest BCUT2D eigenvalue weighted by Crippen LogP contribution is 2.22. The van der Waals surface area contributed by atoms with Gasteiger partial charge in [0.1, 0.15) is 5.60 Å². The molecule has 1 amide bonds. The third-order valence-electron chi connectivity index (χ3n) is 4.42. The van der Waals surface area contributed by atoms with E-state index in [-0.39, 0.29) is 6.09 Å². The van der Waals surface area contributed by atoms with Crippen molar-refractivity contribution in [3.63, 3.8) is 0 Å². The summed E-state index contributed by atoms with van der Waals surface area (Å²) in [7, 11) is 0. The second-order valence-corrected chi connectivity index (χ2v) is 7.61. The highest BCUT2D eigenvalue weighted by Gasteiger charge is 2.31. The Morgan fingerprint density at radius 3 is 2.54 bits per heavy atom. The van der Waals surface area contributed by atoms with Crippen LogP contribution in [0.1, 0.15) is 58.1 Å². The van der Waals surface area contributed by atoms with Crippen molar-refractivity contribution >= 4 is 6.09 Å². The molecule has 0 radical (unpaired) electrons. The molecule has 0 aromatic heterocycles. The fraction of sp³-hybridized carbons (Fsp3) is 0.650. The zero-order valence-electron chi connectivity index (χ0n) is 15.6. The predicted octanol–water partition coefficient (Wildman–Crippen LogP) is 4.13. The van der Waals surface area contributed by atoms with E-state index in [1.54, 1.807) is 0 Å². The summed E-state index contributed by atoms with van der Waals surface area (Å²) in [6.07, 6.45) is 4.04. The molecule has 1 aliphatic heterocycles. The Morgan fingerprint density at radius 1 is 1.25 bits per heavy atom. The average molecular weight is 332 g/mol. The van der Waals surface area contributed by atoms with Crippen LogP contribution in [0.25, 0.3) is 0 Å². The number of nitrogens with zero attached hydrogens (tertiary/aromatic N) is 1. The minimum atomic E-state index is -0.423. The fourth-order valence-corrected chi connectivity index (χ4v) is 3.09. The smallest absolute Gasteiger partial charge is 0.410 e. The number of ether oxygens (including phenoxy) is 1. The molecule has 1 aliphatic rings. The summed E-state index contributed by atoms with van der Waals surface area (Å²) in [5, 5.41) is 3.49. The summed E-state index contributed by atoms with van der Waals surface area (Å²) in [5.41, 5.74) is 2.26. The third kappa shape index (κ3) is 5.82. The lowest BCUT2D eigenvalue weighted by atomic mass is 10.1. The molecule has 0 saturated carbocycles. The summed E-state index contributed by atoms with van der Waals surface area (Å²) in [5.74, 6) is 0. The van der Waals surface area contributed by atoms with Crippen LogP contribution in [-0.2, 0) is 17.7 Å². The van der Waals surface area contributed by atoms with Gasteiger partial charge in [0.15, 0.2) is 0 Å². The zero-order chi connectivity index (χ0) is 17.6. The minimum Gasteiger partial charge on any atom is -0.444 e. The highest BCUT2D eigenvalue weighted by molar-refractivity contribution is 5.68. The standard InChI is InChI=1S/C20H32N2O2/c1-5-16-8-10-17(11-9-16)15-21-13-12-18-7-6-14-22(18)19(23)24-20(2,3)4/h8-11,18,21H,5-7,12-15H2,1-4H3. The Kier molecular flexibility index (Phi) is 6.67. The van der Waals surface area contributed by atoms with Gasteiger partial charge < -0.3 is 15.0 Å². The first kappa shape index (κ1) is 18.8. The summed E-state index contributed by atoms with van der Waals surface area (Å²) in [6, 6.07) is 9.06. The molecule has 24 heavy (non-hydrogen) atoms. The van der Waals surface area contributed by atoms with Crippen molar-refractivity contribution < 1.29 is 9.53 Å². The number of nitrogens with one attached hydrogen (secondary N) is 1. The lowest BCUT2D eigenvalue weighted by Crippen LogP contribution is -2.40. The number of benzene rings is 1. The van der Waals surface area contributed by atoms with Crippen molar-refractivity contribution in [2.24, 2.45) is 0 Å². The van der Waals surface area contributed by atoms with Gasteiger partial charge in [-0.05, 0) is 64.1 Å². The summed E-state index contributed by atoms with van der Waals surface area (Å²) < 4.78 is 5.52. The molecule has 134 valence electrons. The molecule has 1 aromatic carbocycles. The molecule has 1 unspecified atom stereocenters. The van der Waals surface area contributed by atoms with E-state index in [2.05, 4.69) is 36.5 Å². The molecular weight excluding hydrogens is 300 g/mol. The average Bonchev–Trinajstić information content (AvgIpc) is 2.99. The largest absolute Gasteiger partial charge is 0.444 e. The Labute approximate surface area is 146 Å². The van der Waals surface area contributed by atoms with E-state index in [9.17, 15) is 4.79 Å². The lowest BCUT2D eigenvalue weighted by Gasteiger charge is -2.28. The molecule has 1 atom stereocenters. The molecule has 1 fully saturated rings. The van der Waals surface area contributed by atoms with Gasteiger partial charge in [-0.3, -0.25) is 0 Å². The Morgan fingerprint density at radius 2 is 1.92 bits per heavy atom. The number of hydrogen-bond acceptors (Lipinski definition) is 3. The molecule has 0 bridgehead atoms. The maximum atomic E-state index is 12.3. The highest BCUT2D eigenvalue weighted by atomic mass is 16.6. The zero-order valence-corrected chi connectivity index (χ0v) is 15.6. The fourth-order valence-electron chi connectivity index (χ4n) is 3.09. The first-order chi connectivity index (χ1) is 11.4. The monoisotopic (exact) mass is 332 g/mol. The number of hydrogen-bond donors (Lipinski definition) is 1. The molecule has 0 spiro atoms. The van der Waals surface area contributed by atoms with Gasteiger partial charge in [0.2, 0.25) is 0 Å². The maximum absolute atomic E-state index is 12.3. The Balaban J connectivity index is 1.73. The summed E-state index contributed by atoms with van der Waals surface area (Å²) in [4.78, 5) is 14.2. The topological polar surface area (TPSA) is 41.6 Å². The molecule has 2 rings (SSSR count). The van der Waals surface area contributed by atoms with Crippen molar-refractivity contribution in [3.05, 3.63) is 35.4 Å². The van der Waals surface area contributed by atoms with Crippen molar-refractivity contribution in [1.82, 2.24) is 10.2 Å². The summed E-state index contributed by atoms with van der Waals surface area (Å²) >= 11 is 0. The lowest BCUT2D eigenvalue weighted by molar-refractivity contribution is 0.0220. The third-order valence-corrected chi connectivity index (χ3v) is 4.42. The van der Waals surface area contributed by atoms with E-state index in [1.807, 2.05) is 25.7 Å². The SMILES string of the molecule is CCc1ccc(CNCCC2CCCN2C(=O)OC(C)(C)C)cc1. The van der Waals surface area contributed by atoms with Crippen LogP contribution >= 0.6 is 0 Å². The Hall–Kier alpha value is -1.55. The van der Waals surface area contributed by atoms with Gasteiger partial charge in [0.25, 0.3) is 0 Å². The van der Waals surface area contributed by atoms with E-state index in [0.29, 0.717) is 6.04 Å². The van der Waals surface area contributed by atoms with Gasteiger partial charge in [-0.25, -0.2) is 4.79 Å². The van der Waals surface area contributed by atoms with E-state index < -0.39 is 5.60 Å². The molecule has 1 saturated heterocycles. The molecule has 4 heteroatoms. The molecular formula is C20H32N2O2. The Bertz CT molecular complexity index is 519. The normalized spacial score (nSPS) is 18.0. The van der Waals surface area contributed by atoms with E-state index >= 15 is 0 Å². The van der Waals surface area contributed by atoms with Gasteiger partial charge in [0.05, 0.1) is 0 Å². The van der Waals surface area contributed by atoms with Crippen LogP contribution in [0.3, 0.4) is 0 Å². The quantitative estimate of drug-likeness (QED) is 0.797. The van der Waals surface area contributed by atoms with Crippen LogP contribution in [0.2, 0.25) is 0 Å². The first-order valence-corrected chi connectivity index (χ1v) is 9.17. The second-order valence-electron chi connectivity index (χ2n) is 7.61. The van der Waals surface area contributed by atoms with Crippen LogP contribution in [0.4, 0.5) is 4.79 Å². The number of amides is 1. The molecule has 0 aliphatic carbocycles. The predicted molar refractivity (Wildman–Crippen MR) is 98.1 cm³/mol. The molecule has 1 N–H and O–H groups in total. The van der Waals surface area contributed by atoms with Crippen LogP contribution in [-0.4, -0.2) is 35.7 Å². The minimum absolute atomic E-state index is 0.167. The van der Waals surface area contributed by atoms with Gasteiger partial charge in [-0.15, -0.1) is 0 Å². The number of rotatable bonds is 6. The van der Waals surface area contributed by atoms with Crippen molar-refractivity contribution in [2.75, 3.05) is 13.1 Å². The van der Waals surface area contributed by atoms with Gasteiger partial charge >= 0.3 is 6.09 Å². The first-order valence-electron chi connectivity index (χ1n) is 9.17. The van der Waals surface area contributed by atoms with Crippen LogP contribution in [0.15, 0.2) is 24.3 Å². The van der Waals surface area contributed by atoms with Crippen molar-refractivity contribution in [1.29, 1.82) is 0 Å². The van der Waals surface area contributed by atoms with Crippen LogP contribution in [0.5, 0.6) is 0 Å². The molecule has 1 heterocycles. The number of likely N-dealkylation sites (tertiary alicyclic amines) is 1. The van der Waals surface area contributed by atoms with E-state index in [4.69, 9.17) is 4.74 Å². The number of aryl methyl sites for hydroxylation is 1. The van der Waals surface area contributed by atoms with Gasteiger partial charge in [0, 0.05) is 19.1 Å². The molecule has 1 aromatic rings. The van der Waals surface area contributed by atoms with Crippen LogP contribution in [0, 0.1) is 0 Å². The van der Waals surface area contributed by atoms with E-state index in [1.165, 1.54) is 11.1 Å². The second kappa shape index (κ2) is 8.52. The molecule has 4 nitrogen and oxygen atoms in total. The van der Waals surface area contributed by atoms with E-state index in [0.717, 1.165) is 45.3 Å². The van der Waals surface area contributed by atoms with Crippen molar-refractivity contribution in [3.8, 4) is 0 Å². The van der Waals surface area contributed by atoms with Gasteiger partial charge in [-0.1, -0.05) is 31.2 Å². The van der Waals surface area contributed by atoms with Gasteiger partial charge in [-0.2, -0.15) is 0 Å². The van der Waals surface area contributed by atoms with Crippen molar-refractivity contribution in [2.45, 2.75) is 71.6 Å².